The number of nitrogens with one attached hydrogen (secondary N) is 2. The van der Waals surface area contributed by atoms with E-state index in [1.165, 1.54) is 11.3 Å². The fourth-order valence-electron chi connectivity index (χ4n) is 4.06. The van der Waals surface area contributed by atoms with Gasteiger partial charge < -0.3 is 15.6 Å². The number of hydrogen-bond donors (Lipinski definition) is 3. The van der Waals surface area contributed by atoms with Crippen LogP contribution in [0.4, 0.5) is 11.4 Å². The number of anilines is 2. The van der Waals surface area contributed by atoms with Gasteiger partial charge in [0.1, 0.15) is 0 Å². The number of nitrogens with zero attached hydrogens (tertiary/aromatic N) is 1. The molecule has 1 atom stereocenters. The van der Waals surface area contributed by atoms with E-state index >= 15 is 0 Å². The van der Waals surface area contributed by atoms with Crippen molar-refractivity contribution in [2.24, 2.45) is 5.73 Å². The molecule has 8 heteroatoms. The van der Waals surface area contributed by atoms with Crippen molar-refractivity contribution < 1.29 is 13.2 Å². The van der Waals surface area contributed by atoms with Crippen LogP contribution in [0.1, 0.15) is 23.2 Å². The molecule has 2 aromatic carbocycles. The number of carbonyl (C=O) groups excluding carboxylic acids is 1. The fraction of sp³-hybridized carbons (Fsp3) is 0.318. The number of aromatic amines is 1. The molecule has 1 heterocycles. The number of H-pyrrole nitrogens is 1. The third-order valence-corrected chi connectivity index (χ3v) is 6.17. The van der Waals surface area contributed by atoms with E-state index in [0.29, 0.717) is 18.7 Å². The van der Waals surface area contributed by atoms with Crippen LogP contribution in [0.15, 0.2) is 42.5 Å². The Balaban J connectivity index is 1.49. The van der Waals surface area contributed by atoms with Gasteiger partial charge in [-0.05, 0) is 67.1 Å². The molecule has 1 aromatic heterocycles. The highest BCUT2D eigenvalue weighted by Gasteiger charge is 2.20. The van der Waals surface area contributed by atoms with Crippen molar-refractivity contribution in [2.45, 2.75) is 31.7 Å². The largest absolute Gasteiger partial charge is 0.358 e. The van der Waals surface area contributed by atoms with Crippen molar-refractivity contribution >= 4 is 38.7 Å². The first-order chi connectivity index (χ1) is 14.3. The van der Waals surface area contributed by atoms with Gasteiger partial charge in [0, 0.05) is 40.6 Å². The highest BCUT2D eigenvalue weighted by atomic mass is 32.2. The van der Waals surface area contributed by atoms with Crippen LogP contribution < -0.4 is 15.4 Å². The number of amides is 1. The normalized spacial score (nSPS) is 16.3. The Kier molecular flexibility index (Phi) is 5.53. The molecule has 0 aliphatic heterocycles. The molecule has 0 saturated carbocycles. The number of rotatable bonds is 7. The molecule has 1 amide bonds. The maximum absolute atomic E-state index is 11.8. The van der Waals surface area contributed by atoms with Crippen LogP contribution >= 0.6 is 0 Å². The Hall–Kier alpha value is -2.84. The molecule has 1 aliphatic rings. The molecule has 158 valence electrons. The molecule has 30 heavy (non-hydrogen) atoms. The van der Waals surface area contributed by atoms with Gasteiger partial charge in [-0.15, -0.1) is 0 Å². The minimum Gasteiger partial charge on any atom is -0.358 e. The average molecular weight is 427 g/mol. The molecule has 0 bridgehead atoms. The molecule has 4 N–H and O–H groups in total. The van der Waals surface area contributed by atoms with Crippen molar-refractivity contribution in [1.29, 1.82) is 0 Å². The summed E-state index contributed by atoms with van der Waals surface area (Å²) in [5, 5.41) is 1.14. The van der Waals surface area contributed by atoms with Crippen LogP contribution in [0.3, 0.4) is 0 Å². The Morgan fingerprint density at radius 1 is 1.23 bits per heavy atom. The van der Waals surface area contributed by atoms with Crippen LogP contribution in [-0.2, 0) is 34.1 Å². The lowest BCUT2D eigenvalue weighted by Gasteiger charge is -2.19. The number of nitrogens with two attached hydrogens (primary N) is 1. The molecule has 0 fully saturated rings. The Morgan fingerprint density at radius 3 is 2.70 bits per heavy atom. The maximum Gasteiger partial charge on any atom is 0.229 e. The molecule has 3 aromatic rings. The van der Waals surface area contributed by atoms with Gasteiger partial charge in [-0.25, -0.2) is 8.42 Å². The lowest BCUT2D eigenvalue weighted by Crippen LogP contribution is -2.27. The van der Waals surface area contributed by atoms with E-state index < -0.39 is 10.0 Å². The number of fused-ring (bicyclic) bond motifs is 3. The highest BCUT2D eigenvalue weighted by molar-refractivity contribution is 7.92. The maximum atomic E-state index is 11.8. The monoisotopic (exact) mass is 426 g/mol. The van der Waals surface area contributed by atoms with Gasteiger partial charge in [0.2, 0.25) is 16.4 Å². The Labute approximate surface area is 176 Å². The van der Waals surface area contributed by atoms with Crippen LogP contribution in [0.5, 0.6) is 0 Å². The number of carbonyl (C=O) groups is 1. The molecule has 0 radical (unpaired) electrons. The van der Waals surface area contributed by atoms with E-state index in [1.807, 2.05) is 24.3 Å². The van der Waals surface area contributed by atoms with Crippen LogP contribution in [0.2, 0.25) is 0 Å². The van der Waals surface area contributed by atoms with Gasteiger partial charge in [-0.1, -0.05) is 12.1 Å². The predicted molar refractivity (Wildman–Crippen MR) is 120 cm³/mol. The lowest BCUT2D eigenvalue weighted by molar-refractivity contribution is -0.107. The van der Waals surface area contributed by atoms with E-state index in [9.17, 15) is 13.2 Å². The van der Waals surface area contributed by atoms with Crippen molar-refractivity contribution in [3.05, 3.63) is 59.3 Å². The average Bonchev–Trinajstić information content (AvgIpc) is 3.06. The van der Waals surface area contributed by atoms with Crippen LogP contribution in [0, 0.1) is 0 Å². The molecular formula is C22H26N4O3S. The van der Waals surface area contributed by atoms with E-state index in [-0.39, 0.29) is 6.04 Å². The summed E-state index contributed by atoms with van der Waals surface area (Å²) in [4.78, 5) is 17.0. The third-order valence-electron chi connectivity index (χ3n) is 5.57. The van der Waals surface area contributed by atoms with Gasteiger partial charge in [0.05, 0.1) is 6.26 Å². The minimum atomic E-state index is -3.29. The van der Waals surface area contributed by atoms with Gasteiger partial charge in [0.15, 0.2) is 0 Å². The van der Waals surface area contributed by atoms with Gasteiger partial charge >= 0.3 is 0 Å². The SMILES string of the molecule is CS(=O)(=O)Nc1ccc(CCN(C=O)c2ccc3[nH]c4c(c3c2)CC(N)CC4)cc1. The lowest BCUT2D eigenvalue weighted by atomic mass is 9.92. The first-order valence-corrected chi connectivity index (χ1v) is 11.9. The third kappa shape index (κ3) is 4.49. The van der Waals surface area contributed by atoms with Crippen molar-refractivity contribution in [1.82, 2.24) is 4.98 Å². The topological polar surface area (TPSA) is 108 Å². The molecule has 0 saturated heterocycles. The number of sulfonamides is 1. The zero-order valence-electron chi connectivity index (χ0n) is 16.9. The van der Waals surface area contributed by atoms with Crippen molar-refractivity contribution in [3.8, 4) is 0 Å². The van der Waals surface area contributed by atoms with Crippen LogP contribution in [0.25, 0.3) is 10.9 Å². The van der Waals surface area contributed by atoms with Crippen molar-refractivity contribution in [2.75, 3.05) is 22.4 Å². The Morgan fingerprint density at radius 2 is 2.00 bits per heavy atom. The summed E-state index contributed by atoms with van der Waals surface area (Å²) in [7, 11) is -3.29. The van der Waals surface area contributed by atoms with Crippen molar-refractivity contribution in [3.63, 3.8) is 0 Å². The molecule has 1 unspecified atom stereocenters. The summed E-state index contributed by atoms with van der Waals surface area (Å²) in [5.74, 6) is 0. The number of aryl methyl sites for hydroxylation is 1. The second-order valence-corrected chi connectivity index (χ2v) is 9.68. The first kappa shape index (κ1) is 20.4. The zero-order valence-corrected chi connectivity index (χ0v) is 17.7. The summed E-state index contributed by atoms with van der Waals surface area (Å²) in [6, 6.07) is 13.4. The highest BCUT2D eigenvalue weighted by Crippen LogP contribution is 2.31. The minimum absolute atomic E-state index is 0.183. The number of aromatic nitrogens is 1. The summed E-state index contributed by atoms with van der Waals surface area (Å²) < 4.78 is 25.1. The van der Waals surface area contributed by atoms with Gasteiger partial charge in [0.25, 0.3) is 0 Å². The van der Waals surface area contributed by atoms with E-state index in [1.54, 1.807) is 17.0 Å². The summed E-state index contributed by atoms with van der Waals surface area (Å²) in [6.07, 6.45) is 5.44. The second kappa shape index (κ2) is 8.12. The molecular weight excluding hydrogens is 400 g/mol. The first-order valence-electron chi connectivity index (χ1n) is 10.00. The molecule has 0 spiro atoms. The van der Waals surface area contributed by atoms with Crippen LogP contribution in [-0.4, -0.2) is 38.7 Å². The quantitative estimate of drug-likeness (QED) is 0.505. The second-order valence-electron chi connectivity index (χ2n) is 7.93. The van der Waals surface area contributed by atoms with Gasteiger partial charge in [-0.2, -0.15) is 0 Å². The molecule has 4 rings (SSSR count). The standard InChI is InChI=1S/C22H26N4O3S/c1-30(28,29)25-17-5-2-15(3-6-17)10-11-26(14-27)18-7-9-22-20(13-18)19-12-16(23)4-8-21(19)24-22/h2-3,5-7,9,13-14,16,24-25H,4,8,10-12,23H2,1H3. The number of benzene rings is 2. The zero-order chi connectivity index (χ0) is 21.3. The van der Waals surface area contributed by atoms with E-state index in [0.717, 1.165) is 54.1 Å². The Bertz CT molecular complexity index is 1170. The molecule has 1 aliphatic carbocycles. The van der Waals surface area contributed by atoms with Gasteiger partial charge in [-0.3, -0.25) is 9.52 Å². The fourth-order valence-corrected chi connectivity index (χ4v) is 4.62. The summed E-state index contributed by atoms with van der Waals surface area (Å²) >= 11 is 0. The van der Waals surface area contributed by atoms with E-state index in [2.05, 4.69) is 15.8 Å². The summed E-state index contributed by atoms with van der Waals surface area (Å²) in [6.45, 7) is 0.528. The molecule has 7 nitrogen and oxygen atoms in total. The number of hydrogen-bond acceptors (Lipinski definition) is 4. The summed E-state index contributed by atoms with van der Waals surface area (Å²) in [5.41, 5.74) is 12.2. The smallest absolute Gasteiger partial charge is 0.229 e. The van der Waals surface area contributed by atoms with E-state index in [4.69, 9.17) is 5.73 Å². The predicted octanol–water partition coefficient (Wildman–Crippen LogP) is 2.56.